The quantitative estimate of drug-likeness (QED) is 0.519. The van der Waals surface area contributed by atoms with Crippen molar-refractivity contribution >= 4 is 56.7 Å². The highest BCUT2D eigenvalue weighted by molar-refractivity contribution is 9.10. The molecule has 4 nitrogen and oxygen atoms in total. The number of nitrogens with zero attached hydrogens (tertiary/aromatic N) is 2. The standard InChI is InChI=1S/C11H10BrN3OS2/c12-8-1-3-9(4-2-8)17-6-5-13-15-11-14-10(16)7-18-11/h1-5H,6-7H2,(H,14,15,16)/b13-5-. The molecule has 1 aliphatic rings. The molecule has 0 atom stereocenters. The summed E-state index contributed by atoms with van der Waals surface area (Å²) in [6.07, 6.45) is 1.73. The fourth-order valence-electron chi connectivity index (χ4n) is 1.17. The summed E-state index contributed by atoms with van der Waals surface area (Å²) in [5.41, 5.74) is 0. The number of hydrogen-bond donors (Lipinski definition) is 1. The second-order valence-electron chi connectivity index (χ2n) is 3.30. The molecular formula is C11H10BrN3OS2. The van der Waals surface area contributed by atoms with Crippen LogP contribution in [0.15, 0.2) is 43.8 Å². The summed E-state index contributed by atoms with van der Waals surface area (Å²) in [6, 6.07) is 8.10. The van der Waals surface area contributed by atoms with Crippen LogP contribution in [0.4, 0.5) is 0 Å². The Morgan fingerprint density at radius 1 is 1.44 bits per heavy atom. The molecule has 0 unspecified atom stereocenters. The van der Waals surface area contributed by atoms with Gasteiger partial charge < -0.3 is 5.32 Å². The van der Waals surface area contributed by atoms with Crippen molar-refractivity contribution in [2.24, 2.45) is 10.2 Å². The topological polar surface area (TPSA) is 53.8 Å². The molecule has 0 saturated carbocycles. The molecule has 1 amide bonds. The van der Waals surface area contributed by atoms with E-state index in [1.807, 2.05) is 24.3 Å². The zero-order valence-corrected chi connectivity index (χ0v) is 12.5. The number of amidine groups is 1. The third kappa shape index (κ3) is 4.47. The van der Waals surface area contributed by atoms with Gasteiger partial charge in [0, 0.05) is 21.3 Å². The largest absolute Gasteiger partial charge is 0.303 e. The molecule has 0 radical (unpaired) electrons. The maximum absolute atomic E-state index is 10.9. The van der Waals surface area contributed by atoms with Crippen molar-refractivity contribution in [2.75, 3.05) is 11.5 Å². The average molecular weight is 344 g/mol. The van der Waals surface area contributed by atoms with Gasteiger partial charge in [-0.15, -0.1) is 16.9 Å². The van der Waals surface area contributed by atoms with Crippen molar-refractivity contribution in [1.82, 2.24) is 5.32 Å². The van der Waals surface area contributed by atoms with Crippen LogP contribution in [0.2, 0.25) is 0 Å². The molecule has 0 aromatic heterocycles. The maximum atomic E-state index is 10.9. The maximum Gasteiger partial charge on any atom is 0.236 e. The Morgan fingerprint density at radius 2 is 2.22 bits per heavy atom. The van der Waals surface area contributed by atoms with E-state index in [-0.39, 0.29) is 5.91 Å². The zero-order chi connectivity index (χ0) is 12.8. The van der Waals surface area contributed by atoms with Gasteiger partial charge in [-0.3, -0.25) is 4.79 Å². The van der Waals surface area contributed by atoms with E-state index in [1.165, 1.54) is 16.7 Å². The first kappa shape index (κ1) is 13.6. The van der Waals surface area contributed by atoms with Crippen molar-refractivity contribution in [3.05, 3.63) is 28.7 Å². The van der Waals surface area contributed by atoms with Crippen LogP contribution in [-0.4, -0.2) is 28.8 Å². The van der Waals surface area contributed by atoms with E-state index in [0.717, 1.165) is 10.2 Å². The Labute approximate surface area is 122 Å². The Morgan fingerprint density at radius 3 is 2.89 bits per heavy atom. The van der Waals surface area contributed by atoms with Gasteiger partial charge in [0.25, 0.3) is 0 Å². The number of halogens is 1. The number of hydrogen-bond acceptors (Lipinski definition) is 5. The summed E-state index contributed by atoms with van der Waals surface area (Å²) in [7, 11) is 0. The number of carbonyl (C=O) groups is 1. The normalized spacial score (nSPS) is 17.6. The van der Waals surface area contributed by atoms with Crippen LogP contribution in [0.25, 0.3) is 0 Å². The predicted molar refractivity (Wildman–Crippen MR) is 81.4 cm³/mol. The first-order valence-corrected chi connectivity index (χ1v) is 7.91. The molecule has 1 heterocycles. The molecule has 0 bridgehead atoms. The lowest BCUT2D eigenvalue weighted by molar-refractivity contribution is -0.116. The van der Waals surface area contributed by atoms with E-state index in [0.29, 0.717) is 10.9 Å². The van der Waals surface area contributed by atoms with E-state index in [2.05, 4.69) is 31.4 Å². The van der Waals surface area contributed by atoms with Crippen molar-refractivity contribution in [2.45, 2.75) is 4.90 Å². The minimum atomic E-state index is -0.0156. The lowest BCUT2D eigenvalue weighted by Crippen LogP contribution is -2.19. The number of carbonyl (C=O) groups excluding carboxylic acids is 1. The minimum absolute atomic E-state index is 0.0156. The molecular weight excluding hydrogens is 334 g/mol. The molecule has 7 heteroatoms. The summed E-state index contributed by atoms with van der Waals surface area (Å²) < 4.78 is 1.07. The second-order valence-corrected chi connectivity index (χ2v) is 6.28. The van der Waals surface area contributed by atoms with Crippen LogP contribution in [0.3, 0.4) is 0 Å². The van der Waals surface area contributed by atoms with Crippen LogP contribution in [0.1, 0.15) is 0 Å². The molecule has 1 aromatic rings. The van der Waals surface area contributed by atoms with Gasteiger partial charge in [-0.2, -0.15) is 5.10 Å². The molecule has 1 fully saturated rings. The first-order chi connectivity index (χ1) is 8.74. The van der Waals surface area contributed by atoms with E-state index < -0.39 is 0 Å². The van der Waals surface area contributed by atoms with Gasteiger partial charge in [0.1, 0.15) is 0 Å². The predicted octanol–water partition coefficient (Wildman–Crippen LogP) is 2.75. The molecule has 0 aliphatic carbocycles. The SMILES string of the molecule is O=C1CSC(=N/N=C\CSc2ccc(Br)cc2)N1. The minimum Gasteiger partial charge on any atom is -0.303 e. The Bertz CT molecular complexity index is 488. The van der Waals surface area contributed by atoms with Gasteiger partial charge >= 0.3 is 0 Å². The molecule has 2 rings (SSSR count). The van der Waals surface area contributed by atoms with Gasteiger partial charge in [-0.25, -0.2) is 0 Å². The highest BCUT2D eigenvalue weighted by atomic mass is 79.9. The molecule has 1 aromatic carbocycles. The number of amides is 1. The molecule has 1 aliphatic heterocycles. The van der Waals surface area contributed by atoms with E-state index in [9.17, 15) is 4.79 Å². The highest BCUT2D eigenvalue weighted by Gasteiger charge is 2.15. The Kier molecular flexibility index (Phi) is 5.27. The van der Waals surface area contributed by atoms with Crippen LogP contribution >= 0.6 is 39.5 Å². The Hall–Kier alpha value is -0.790. The van der Waals surface area contributed by atoms with Gasteiger partial charge in [-0.1, -0.05) is 27.7 Å². The van der Waals surface area contributed by atoms with Crippen molar-refractivity contribution in [3.8, 4) is 0 Å². The van der Waals surface area contributed by atoms with E-state index in [4.69, 9.17) is 0 Å². The monoisotopic (exact) mass is 343 g/mol. The lowest BCUT2D eigenvalue weighted by Gasteiger charge is -1.97. The molecule has 1 saturated heterocycles. The van der Waals surface area contributed by atoms with Crippen LogP contribution < -0.4 is 5.32 Å². The fourth-order valence-corrected chi connectivity index (χ4v) is 2.73. The molecule has 94 valence electrons. The van der Waals surface area contributed by atoms with Gasteiger partial charge in [0.2, 0.25) is 5.91 Å². The summed E-state index contributed by atoms with van der Waals surface area (Å²) in [5, 5.41) is 11.0. The van der Waals surface area contributed by atoms with Gasteiger partial charge in [0.05, 0.1) is 5.75 Å². The second kappa shape index (κ2) is 6.96. The summed E-state index contributed by atoms with van der Waals surface area (Å²) in [5.74, 6) is 1.16. The number of nitrogens with one attached hydrogen (secondary N) is 1. The van der Waals surface area contributed by atoms with Gasteiger partial charge in [0.15, 0.2) is 5.17 Å². The third-order valence-corrected chi connectivity index (χ3v) is 4.27. The van der Waals surface area contributed by atoms with E-state index >= 15 is 0 Å². The highest BCUT2D eigenvalue weighted by Crippen LogP contribution is 2.19. The molecule has 1 N–H and O–H groups in total. The molecule has 0 spiro atoms. The van der Waals surface area contributed by atoms with Gasteiger partial charge in [-0.05, 0) is 24.3 Å². The van der Waals surface area contributed by atoms with Crippen LogP contribution in [0, 0.1) is 0 Å². The fraction of sp³-hybridized carbons (Fsp3) is 0.182. The first-order valence-electron chi connectivity index (χ1n) is 5.14. The van der Waals surface area contributed by atoms with Crippen molar-refractivity contribution in [3.63, 3.8) is 0 Å². The third-order valence-electron chi connectivity index (χ3n) is 1.95. The number of rotatable bonds is 4. The average Bonchev–Trinajstić information content (AvgIpc) is 2.77. The Balaban J connectivity index is 1.75. The number of benzene rings is 1. The van der Waals surface area contributed by atoms with Crippen molar-refractivity contribution in [1.29, 1.82) is 0 Å². The zero-order valence-electron chi connectivity index (χ0n) is 9.30. The smallest absolute Gasteiger partial charge is 0.236 e. The van der Waals surface area contributed by atoms with Crippen molar-refractivity contribution < 1.29 is 4.79 Å². The van der Waals surface area contributed by atoms with E-state index in [1.54, 1.807) is 18.0 Å². The summed E-state index contributed by atoms with van der Waals surface area (Å²) in [4.78, 5) is 12.1. The summed E-state index contributed by atoms with van der Waals surface area (Å²) >= 11 is 6.44. The lowest BCUT2D eigenvalue weighted by atomic mass is 10.4. The van der Waals surface area contributed by atoms with Crippen LogP contribution in [0.5, 0.6) is 0 Å². The molecule has 18 heavy (non-hydrogen) atoms. The number of thioether (sulfide) groups is 2. The van der Waals surface area contributed by atoms with Crippen LogP contribution in [-0.2, 0) is 4.79 Å². The summed E-state index contributed by atoms with van der Waals surface area (Å²) in [6.45, 7) is 0.